The molecule has 1 aromatic heterocycles. The van der Waals surface area contributed by atoms with E-state index in [1.54, 1.807) is 6.07 Å². The summed E-state index contributed by atoms with van der Waals surface area (Å²) < 4.78 is 0. The Morgan fingerprint density at radius 2 is 1.66 bits per heavy atom. The minimum absolute atomic E-state index is 0.0946. The van der Waals surface area contributed by atoms with E-state index in [2.05, 4.69) is 5.32 Å². The lowest BCUT2D eigenvalue weighted by Gasteiger charge is -2.25. The molecule has 2 N–H and O–H groups in total. The highest BCUT2D eigenvalue weighted by molar-refractivity contribution is 5.90. The Kier molecular flexibility index (Phi) is 6.42. The number of anilines is 1. The standard InChI is InChI=1S/C27H35N3O2/c31-21-12-13-22-20(17-21)11-14-23-26(22)28-24(15-18-7-3-1-4-8-18)27(29-23)30-25(32)16-19-9-5-2-6-10-19/h12-13,17-19,31H,1-11,14-16H2,(H,29,30,32). The summed E-state index contributed by atoms with van der Waals surface area (Å²) in [5.41, 5.74) is 5.03. The summed E-state index contributed by atoms with van der Waals surface area (Å²) in [4.78, 5) is 23.0. The zero-order chi connectivity index (χ0) is 21.9. The maximum absolute atomic E-state index is 12.9. The van der Waals surface area contributed by atoms with Crippen molar-refractivity contribution in [1.82, 2.24) is 9.97 Å². The molecule has 32 heavy (non-hydrogen) atoms. The third-order valence-corrected chi connectivity index (χ3v) is 7.68. The second-order valence-corrected chi connectivity index (χ2v) is 10.1. The van der Waals surface area contributed by atoms with Crippen LogP contribution in [-0.4, -0.2) is 21.0 Å². The molecule has 2 saturated carbocycles. The summed E-state index contributed by atoms with van der Waals surface area (Å²) in [6.07, 6.45) is 15.6. The number of aryl methyl sites for hydroxylation is 2. The molecule has 5 heteroatoms. The quantitative estimate of drug-likeness (QED) is 0.608. The molecule has 2 fully saturated rings. The molecule has 5 nitrogen and oxygen atoms in total. The van der Waals surface area contributed by atoms with Gasteiger partial charge in [0.25, 0.3) is 0 Å². The largest absolute Gasteiger partial charge is 0.508 e. The third kappa shape index (κ3) is 4.82. The van der Waals surface area contributed by atoms with Gasteiger partial charge in [-0.15, -0.1) is 0 Å². The molecule has 0 saturated heterocycles. The maximum atomic E-state index is 12.9. The third-order valence-electron chi connectivity index (χ3n) is 7.68. The van der Waals surface area contributed by atoms with Crippen LogP contribution in [0.5, 0.6) is 5.75 Å². The lowest BCUT2D eigenvalue weighted by molar-refractivity contribution is -0.117. The summed E-state index contributed by atoms with van der Waals surface area (Å²) in [5.74, 6) is 2.22. The van der Waals surface area contributed by atoms with Gasteiger partial charge < -0.3 is 10.4 Å². The number of hydrogen-bond donors (Lipinski definition) is 2. The fraction of sp³-hybridized carbons (Fsp3) is 0.593. The first kappa shape index (κ1) is 21.4. The van der Waals surface area contributed by atoms with E-state index in [-0.39, 0.29) is 5.91 Å². The Bertz CT molecular complexity index is 975. The molecule has 0 spiro atoms. The topological polar surface area (TPSA) is 75.1 Å². The van der Waals surface area contributed by atoms with Gasteiger partial charge >= 0.3 is 0 Å². The van der Waals surface area contributed by atoms with E-state index in [0.29, 0.717) is 29.8 Å². The van der Waals surface area contributed by atoms with E-state index in [1.165, 1.54) is 64.2 Å². The molecule has 170 valence electrons. The highest BCUT2D eigenvalue weighted by Crippen LogP contribution is 2.36. The Morgan fingerprint density at radius 3 is 2.41 bits per heavy atom. The first-order valence-corrected chi connectivity index (χ1v) is 12.7. The second-order valence-electron chi connectivity index (χ2n) is 10.1. The number of benzene rings is 1. The van der Waals surface area contributed by atoms with Gasteiger partial charge in [0.15, 0.2) is 5.82 Å². The number of phenols is 1. The van der Waals surface area contributed by atoms with Crippen molar-refractivity contribution in [2.24, 2.45) is 11.8 Å². The minimum atomic E-state index is 0.0946. The van der Waals surface area contributed by atoms with Crippen molar-refractivity contribution in [3.05, 3.63) is 35.2 Å². The Hall–Kier alpha value is -2.43. The number of amides is 1. The number of aromatic hydroxyl groups is 1. The van der Waals surface area contributed by atoms with Gasteiger partial charge in [0.1, 0.15) is 5.75 Å². The highest BCUT2D eigenvalue weighted by Gasteiger charge is 2.25. The summed E-state index contributed by atoms with van der Waals surface area (Å²) in [6, 6.07) is 5.54. The lowest BCUT2D eigenvalue weighted by Crippen LogP contribution is -2.22. The van der Waals surface area contributed by atoms with E-state index in [9.17, 15) is 9.90 Å². The van der Waals surface area contributed by atoms with Gasteiger partial charge in [-0.1, -0.05) is 51.4 Å². The molecule has 1 amide bonds. The van der Waals surface area contributed by atoms with Gasteiger partial charge in [0.05, 0.1) is 17.1 Å². The highest BCUT2D eigenvalue weighted by atomic mass is 16.3. The molecule has 2 aromatic rings. The number of carbonyl (C=O) groups is 1. The maximum Gasteiger partial charge on any atom is 0.225 e. The van der Waals surface area contributed by atoms with Crippen LogP contribution in [-0.2, 0) is 24.1 Å². The molecule has 3 aliphatic rings. The van der Waals surface area contributed by atoms with Crippen LogP contribution in [0.3, 0.4) is 0 Å². The Labute approximate surface area is 191 Å². The van der Waals surface area contributed by atoms with Gasteiger partial charge in [0, 0.05) is 12.0 Å². The van der Waals surface area contributed by atoms with Gasteiger partial charge in [-0.2, -0.15) is 0 Å². The van der Waals surface area contributed by atoms with E-state index < -0.39 is 0 Å². The molecule has 1 aromatic carbocycles. The average Bonchev–Trinajstić information content (AvgIpc) is 2.80. The van der Waals surface area contributed by atoms with Crippen LogP contribution in [0, 0.1) is 11.8 Å². The van der Waals surface area contributed by atoms with Crippen LogP contribution in [0.1, 0.15) is 87.6 Å². The molecular weight excluding hydrogens is 398 g/mol. The number of hydrogen-bond acceptors (Lipinski definition) is 4. The average molecular weight is 434 g/mol. The predicted octanol–water partition coefficient (Wildman–Crippen LogP) is 5.98. The van der Waals surface area contributed by atoms with E-state index in [1.807, 2.05) is 12.1 Å². The summed E-state index contributed by atoms with van der Waals surface area (Å²) >= 11 is 0. The van der Waals surface area contributed by atoms with Crippen molar-refractivity contribution in [3.8, 4) is 17.0 Å². The van der Waals surface area contributed by atoms with E-state index in [4.69, 9.17) is 9.97 Å². The van der Waals surface area contributed by atoms with Crippen LogP contribution >= 0.6 is 0 Å². The van der Waals surface area contributed by atoms with Gasteiger partial charge in [-0.05, 0) is 67.7 Å². The zero-order valence-electron chi connectivity index (χ0n) is 19.0. The van der Waals surface area contributed by atoms with Crippen molar-refractivity contribution in [2.45, 2.75) is 89.9 Å². The number of nitrogens with one attached hydrogen (secondary N) is 1. The number of nitrogens with zero attached hydrogens (tertiary/aromatic N) is 2. The molecule has 0 radical (unpaired) electrons. The van der Waals surface area contributed by atoms with Gasteiger partial charge in [-0.25, -0.2) is 9.97 Å². The van der Waals surface area contributed by atoms with Gasteiger partial charge in [-0.3, -0.25) is 4.79 Å². The Morgan fingerprint density at radius 1 is 0.938 bits per heavy atom. The van der Waals surface area contributed by atoms with Crippen LogP contribution in [0.15, 0.2) is 18.2 Å². The van der Waals surface area contributed by atoms with Crippen molar-refractivity contribution in [2.75, 3.05) is 5.32 Å². The zero-order valence-corrected chi connectivity index (χ0v) is 19.0. The lowest BCUT2D eigenvalue weighted by atomic mass is 9.85. The normalized spacial score (nSPS) is 19.2. The predicted molar refractivity (Wildman–Crippen MR) is 127 cm³/mol. The SMILES string of the molecule is O=C(CC1CCCCC1)Nc1nc2c(nc1CC1CCCCC1)-c1ccc(O)cc1CC2. The molecular formula is C27H35N3O2. The molecule has 0 atom stereocenters. The second kappa shape index (κ2) is 9.60. The van der Waals surface area contributed by atoms with E-state index >= 15 is 0 Å². The smallest absolute Gasteiger partial charge is 0.225 e. The number of fused-ring (bicyclic) bond motifs is 3. The molecule has 1 heterocycles. The number of rotatable bonds is 5. The molecule has 3 aliphatic carbocycles. The van der Waals surface area contributed by atoms with Crippen molar-refractivity contribution >= 4 is 11.7 Å². The first-order chi connectivity index (χ1) is 15.7. The fourth-order valence-electron chi connectivity index (χ4n) is 5.91. The minimum Gasteiger partial charge on any atom is -0.508 e. The number of phenolic OH excluding ortho intramolecular Hbond substituents is 1. The van der Waals surface area contributed by atoms with Crippen molar-refractivity contribution < 1.29 is 9.90 Å². The van der Waals surface area contributed by atoms with Crippen molar-refractivity contribution in [1.29, 1.82) is 0 Å². The summed E-state index contributed by atoms with van der Waals surface area (Å²) in [5, 5.41) is 13.1. The molecule has 0 aliphatic heterocycles. The number of aromatic nitrogens is 2. The van der Waals surface area contributed by atoms with Crippen LogP contribution < -0.4 is 5.32 Å². The monoisotopic (exact) mass is 433 g/mol. The summed E-state index contributed by atoms with van der Waals surface area (Å²) in [7, 11) is 0. The fourth-order valence-corrected chi connectivity index (χ4v) is 5.91. The molecule has 5 rings (SSSR count). The van der Waals surface area contributed by atoms with Crippen LogP contribution in [0.4, 0.5) is 5.82 Å². The molecule has 0 bridgehead atoms. The van der Waals surface area contributed by atoms with Crippen LogP contribution in [0.25, 0.3) is 11.3 Å². The van der Waals surface area contributed by atoms with Crippen molar-refractivity contribution in [3.63, 3.8) is 0 Å². The van der Waals surface area contributed by atoms with Crippen LogP contribution in [0.2, 0.25) is 0 Å². The van der Waals surface area contributed by atoms with Gasteiger partial charge in [0.2, 0.25) is 5.91 Å². The molecule has 0 unspecified atom stereocenters. The van der Waals surface area contributed by atoms with E-state index in [0.717, 1.165) is 47.5 Å². The summed E-state index contributed by atoms with van der Waals surface area (Å²) in [6.45, 7) is 0. The first-order valence-electron chi connectivity index (χ1n) is 12.7. The number of carbonyl (C=O) groups excluding carboxylic acids is 1. The Balaban J connectivity index is 1.43.